The molecule has 0 aromatic heterocycles. The molecule has 0 aliphatic carbocycles. The second-order valence-corrected chi connectivity index (χ2v) is 7.49. The molecule has 0 unspecified atom stereocenters. The van der Waals surface area contributed by atoms with Crippen LogP contribution >= 0.6 is 46.7 Å². The van der Waals surface area contributed by atoms with E-state index in [4.69, 9.17) is 23.2 Å². The van der Waals surface area contributed by atoms with E-state index in [2.05, 4.69) is 12.1 Å². The van der Waals surface area contributed by atoms with Crippen LogP contribution in [-0.2, 0) is 0 Å². The van der Waals surface area contributed by atoms with E-state index in [0.29, 0.717) is 0 Å². The summed E-state index contributed by atoms with van der Waals surface area (Å²) < 4.78 is 0. The summed E-state index contributed by atoms with van der Waals surface area (Å²) in [5, 5.41) is 1.54. The molecular weight excluding hydrogens is 351 g/mol. The minimum Gasteiger partial charge on any atom is -0.0873 e. The van der Waals surface area contributed by atoms with Gasteiger partial charge in [0, 0.05) is 19.6 Å². The molecular formula is C18H12Cl2S2. The van der Waals surface area contributed by atoms with Crippen molar-refractivity contribution in [2.24, 2.45) is 0 Å². The van der Waals surface area contributed by atoms with Crippen LogP contribution in [-0.4, -0.2) is 0 Å². The van der Waals surface area contributed by atoms with Crippen molar-refractivity contribution >= 4 is 46.7 Å². The Morgan fingerprint density at radius 3 is 1.14 bits per heavy atom. The van der Waals surface area contributed by atoms with Gasteiger partial charge in [-0.1, -0.05) is 83.1 Å². The minimum absolute atomic E-state index is 0.769. The highest BCUT2D eigenvalue weighted by atomic mass is 35.5. The Labute approximate surface area is 148 Å². The normalized spacial score (nSPS) is 10.6. The van der Waals surface area contributed by atoms with E-state index in [9.17, 15) is 0 Å². The molecule has 0 saturated carbocycles. The van der Waals surface area contributed by atoms with Crippen molar-refractivity contribution in [3.63, 3.8) is 0 Å². The summed E-state index contributed by atoms with van der Waals surface area (Å²) >= 11 is 15.9. The lowest BCUT2D eigenvalue weighted by Gasteiger charge is -2.10. The molecule has 3 aromatic rings. The Morgan fingerprint density at radius 1 is 0.455 bits per heavy atom. The first-order valence-electron chi connectivity index (χ1n) is 6.68. The smallest absolute Gasteiger partial charge is 0.0545 e. The Hall–Kier alpha value is -1.06. The first kappa shape index (κ1) is 15.8. The highest BCUT2D eigenvalue weighted by Crippen LogP contribution is 2.42. The summed E-state index contributed by atoms with van der Waals surface area (Å²) in [5.41, 5.74) is 0. The lowest BCUT2D eigenvalue weighted by atomic mass is 10.4. The highest BCUT2D eigenvalue weighted by molar-refractivity contribution is 8.02. The van der Waals surface area contributed by atoms with Crippen LogP contribution in [0.4, 0.5) is 0 Å². The zero-order valence-corrected chi connectivity index (χ0v) is 14.6. The molecule has 4 heteroatoms. The number of benzene rings is 3. The third kappa shape index (κ3) is 3.82. The van der Waals surface area contributed by atoms with E-state index in [1.54, 1.807) is 23.5 Å². The monoisotopic (exact) mass is 362 g/mol. The van der Waals surface area contributed by atoms with Crippen molar-refractivity contribution < 1.29 is 0 Å². The van der Waals surface area contributed by atoms with Crippen molar-refractivity contribution in [1.29, 1.82) is 0 Å². The van der Waals surface area contributed by atoms with Crippen LogP contribution in [0.5, 0.6) is 0 Å². The zero-order valence-electron chi connectivity index (χ0n) is 11.5. The van der Waals surface area contributed by atoms with Crippen LogP contribution in [0.25, 0.3) is 0 Å². The van der Waals surface area contributed by atoms with Crippen LogP contribution < -0.4 is 0 Å². The maximum absolute atomic E-state index is 6.26. The first-order valence-corrected chi connectivity index (χ1v) is 9.07. The average molecular weight is 363 g/mol. The molecule has 0 saturated heterocycles. The summed E-state index contributed by atoms with van der Waals surface area (Å²) in [6, 6.07) is 24.0. The quantitative estimate of drug-likeness (QED) is 0.477. The second-order valence-electron chi connectivity index (χ2n) is 4.51. The summed E-state index contributed by atoms with van der Waals surface area (Å²) in [7, 11) is 0. The van der Waals surface area contributed by atoms with Gasteiger partial charge < -0.3 is 0 Å². The fourth-order valence-electron chi connectivity index (χ4n) is 1.91. The lowest BCUT2D eigenvalue weighted by molar-refractivity contribution is 1.23. The van der Waals surface area contributed by atoms with Crippen molar-refractivity contribution in [3.8, 4) is 0 Å². The molecule has 22 heavy (non-hydrogen) atoms. The van der Waals surface area contributed by atoms with Gasteiger partial charge in [0.25, 0.3) is 0 Å². The standard InChI is InChI=1S/C18H12Cl2S2/c19-13-7-1-3-9-15(13)21-17-11-5-6-12-18(17)22-16-10-4-2-8-14(16)20/h1-12H. The molecule has 0 nitrogen and oxygen atoms in total. The van der Waals surface area contributed by atoms with Crippen molar-refractivity contribution in [1.82, 2.24) is 0 Å². The predicted molar refractivity (Wildman–Crippen MR) is 97.6 cm³/mol. The molecule has 3 rings (SSSR count). The van der Waals surface area contributed by atoms with Crippen molar-refractivity contribution in [2.45, 2.75) is 19.6 Å². The van der Waals surface area contributed by atoms with Gasteiger partial charge in [0.15, 0.2) is 0 Å². The van der Waals surface area contributed by atoms with Crippen LogP contribution in [0.1, 0.15) is 0 Å². The molecule has 3 aromatic carbocycles. The Kier molecular flexibility index (Phi) is 5.37. The average Bonchev–Trinajstić information content (AvgIpc) is 2.53. The molecule has 0 bridgehead atoms. The molecule has 0 radical (unpaired) electrons. The first-order chi connectivity index (χ1) is 10.7. The van der Waals surface area contributed by atoms with E-state index < -0.39 is 0 Å². The molecule has 0 amide bonds. The van der Waals surface area contributed by atoms with Crippen LogP contribution in [0, 0.1) is 0 Å². The fourth-order valence-corrected chi connectivity index (χ4v) is 4.39. The molecule has 110 valence electrons. The lowest BCUT2D eigenvalue weighted by Crippen LogP contribution is -1.81. The predicted octanol–water partition coefficient (Wildman–Crippen LogP) is 7.30. The van der Waals surface area contributed by atoms with Gasteiger partial charge in [0.05, 0.1) is 10.0 Å². The molecule has 0 N–H and O–H groups in total. The minimum atomic E-state index is 0.769. The third-order valence-electron chi connectivity index (χ3n) is 2.96. The SMILES string of the molecule is Clc1ccccc1Sc1ccccc1Sc1ccccc1Cl. The van der Waals surface area contributed by atoms with Crippen molar-refractivity contribution in [2.75, 3.05) is 0 Å². The highest BCUT2D eigenvalue weighted by Gasteiger charge is 2.09. The van der Waals surface area contributed by atoms with Gasteiger partial charge in [0.1, 0.15) is 0 Å². The number of halogens is 2. The third-order valence-corrected chi connectivity index (χ3v) is 6.28. The van der Waals surface area contributed by atoms with Gasteiger partial charge in [-0.2, -0.15) is 0 Å². The van der Waals surface area contributed by atoms with Gasteiger partial charge in [-0.05, 0) is 36.4 Å². The largest absolute Gasteiger partial charge is 0.0873 e. The molecule has 0 fully saturated rings. The molecule has 0 atom stereocenters. The molecule has 0 spiro atoms. The van der Waals surface area contributed by atoms with E-state index in [1.165, 1.54) is 9.79 Å². The maximum atomic E-state index is 6.26. The van der Waals surface area contributed by atoms with Crippen LogP contribution in [0.15, 0.2) is 92.4 Å². The Morgan fingerprint density at radius 2 is 0.773 bits per heavy atom. The molecule has 0 aliphatic heterocycles. The Balaban J connectivity index is 1.91. The van der Waals surface area contributed by atoms with E-state index in [1.807, 2.05) is 60.7 Å². The van der Waals surface area contributed by atoms with Gasteiger partial charge in [0.2, 0.25) is 0 Å². The van der Waals surface area contributed by atoms with Gasteiger partial charge >= 0.3 is 0 Å². The second kappa shape index (κ2) is 7.47. The molecule has 0 aliphatic rings. The Bertz CT molecular complexity index is 721. The number of rotatable bonds is 4. The summed E-state index contributed by atoms with van der Waals surface area (Å²) in [4.78, 5) is 4.44. The van der Waals surface area contributed by atoms with E-state index in [-0.39, 0.29) is 0 Å². The van der Waals surface area contributed by atoms with Gasteiger partial charge in [-0.15, -0.1) is 0 Å². The summed E-state index contributed by atoms with van der Waals surface area (Å²) in [5.74, 6) is 0. The van der Waals surface area contributed by atoms with Gasteiger partial charge in [-0.25, -0.2) is 0 Å². The summed E-state index contributed by atoms with van der Waals surface area (Å²) in [6.07, 6.45) is 0. The van der Waals surface area contributed by atoms with E-state index in [0.717, 1.165) is 19.8 Å². The number of hydrogen-bond donors (Lipinski definition) is 0. The van der Waals surface area contributed by atoms with Crippen molar-refractivity contribution in [3.05, 3.63) is 82.8 Å². The fraction of sp³-hybridized carbons (Fsp3) is 0. The van der Waals surface area contributed by atoms with Gasteiger partial charge in [-0.3, -0.25) is 0 Å². The van der Waals surface area contributed by atoms with Crippen LogP contribution in [0.2, 0.25) is 10.0 Å². The van der Waals surface area contributed by atoms with Crippen LogP contribution in [0.3, 0.4) is 0 Å². The topological polar surface area (TPSA) is 0 Å². The maximum Gasteiger partial charge on any atom is 0.0545 e. The molecule has 0 heterocycles. The summed E-state index contributed by atoms with van der Waals surface area (Å²) in [6.45, 7) is 0. The zero-order chi connectivity index (χ0) is 15.4. The van der Waals surface area contributed by atoms with E-state index >= 15 is 0 Å². The number of hydrogen-bond acceptors (Lipinski definition) is 2.